The molecule has 1 saturated heterocycles. The van der Waals surface area contributed by atoms with Gasteiger partial charge >= 0.3 is 0 Å². The number of rotatable bonds is 4. The van der Waals surface area contributed by atoms with Crippen molar-refractivity contribution in [3.63, 3.8) is 0 Å². The third-order valence-corrected chi connectivity index (χ3v) is 6.35. The first-order valence-corrected chi connectivity index (χ1v) is 11.5. The lowest BCUT2D eigenvalue weighted by Gasteiger charge is -2.43. The largest absolute Gasteiger partial charge is 0.338 e. The smallest absolute Gasteiger partial charge is 0.282 e. The van der Waals surface area contributed by atoms with Gasteiger partial charge in [0, 0.05) is 19.2 Å². The number of nitrogens with zero attached hydrogens (tertiary/aromatic N) is 4. The third-order valence-electron chi connectivity index (χ3n) is 6.35. The lowest BCUT2D eigenvalue weighted by Crippen LogP contribution is -2.64. The highest BCUT2D eigenvalue weighted by molar-refractivity contribution is 5.98. The third kappa shape index (κ3) is 5.05. The van der Waals surface area contributed by atoms with Crippen molar-refractivity contribution in [2.75, 3.05) is 26.7 Å². The van der Waals surface area contributed by atoms with E-state index in [0.717, 1.165) is 30.0 Å². The van der Waals surface area contributed by atoms with Gasteiger partial charge in [0.25, 0.3) is 11.8 Å². The van der Waals surface area contributed by atoms with E-state index >= 15 is 0 Å². The van der Waals surface area contributed by atoms with E-state index in [-0.39, 0.29) is 17.1 Å². The summed E-state index contributed by atoms with van der Waals surface area (Å²) < 4.78 is 56.6. The fraction of sp³-hybridized carbons (Fsp3) is 0.542. The van der Waals surface area contributed by atoms with E-state index in [2.05, 4.69) is 10.3 Å². The Labute approximate surface area is 201 Å². The monoisotopic (exact) mass is 495 g/mol. The van der Waals surface area contributed by atoms with Crippen molar-refractivity contribution in [3.8, 4) is 11.4 Å². The molecule has 7 nitrogen and oxygen atoms in total. The molecule has 2 aliphatic rings. The molecule has 0 spiro atoms. The van der Waals surface area contributed by atoms with Crippen LogP contribution in [0.4, 0.5) is 17.6 Å². The van der Waals surface area contributed by atoms with Crippen LogP contribution in [-0.2, 0) is 17.9 Å². The Morgan fingerprint density at radius 2 is 1.83 bits per heavy atom. The molecule has 35 heavy (non-hydrogen) atoms. The number of hydrogen-bond donors (Lipinski definition) is 1. The van der Waals surface area contributed by atoms with Crippen molar-refractivity contribution < 1.29 is 27.2 Å². The molecule has 0 aliphatic carbocycles. The van der Waals surface area contributed by atoms with E-state index in [9.17, 15) is 27.2 Å². The molecule has 3 heterocycles. The fourth-order valence-corrected chi connectivity index (χ4v) is 4.48. The number of amides is 2. The van der Waals surface area contributed by atoms with Gasteiger partial charge in [-0.25, -0.2) is 22.5 Å². The van der Waals surface area contributed by atoms with Crippen LogP contribution in [0.3, 0.4) is 0 Å². The van der Waals surface area contributed by atoms with Gasteiger partial charge in [0.2, 0.25) is 5.91 Å². The second-order valence-corrected chi connectivity index (χ2v) is 10.4. The van der Waals surface area contributed by atoms with Crippen LogP contribution >= 0.6 is 0 Å². The van der Waals surface area contributed by atoms with Gasteiger partial charge in [-0.3, -0.25) is 9.59 Å². The number of halogens is 4. The van der Waals surface area contributed by atoms with E-state index in [0.29, 0.717) is 18.8 Å². The van der Waals surface area contributed by atoms with E-state index in [1.807, 2.05) is 11.9 Å². The number of nitrogens with one attached hydrogen (secondary N) is 1. The zero-order valence-electron chi connectivity index (χ0n) is 20.2. The van der Waals surface area contributed by atoms with E-state index in [1.165, 1.54) is 6.07 Å². The number of imidazole rings is 1. The van der Waals surface area contributed by atoms with Crippen molar-refractivity contribution >= 4 is 11.8 Å². The van der Waals surface area contributed by atoms with E-state index in [4.69, 9.17) is 0 Å². The van der Waals surface area contributed by atoms with Crippen LogP contribution in [0.1, 0.15) is 43.4 Å². The molecule has 1 unspecified atom stereocenters. The summed E-state index contributed by atoms with van der Waals surface area (Å²) in [5.41, 5.74) is -0.149. The summed E-state index contributed by atoms with van der Waals surface area (Å²) in [7, 11) is 1.88. The minimum Gasteiger partial charge on any atom is -0.338 e. The molecule has 2 aliphatic heterocycles. The highest BCUT2D eigenvalue weighted by Crippen LogP contribution is 2.32. The summed E-state index contributed by atoms with van der Waals surface area (Å²) >= 11 is 0. The molecular weight excluding hydrogens is 466 g/mol. The van der Waals surface area contributed by atoms with Gasteiger partial charge in [-0.05, 0) is 37.6 Å². The number of carbonyl (C=O) groups excluding carboxylic acids is 2. The van der Waals surface area contributed by atoms with Gasteiger partial charge in [-0.1, -0.05) is 20.8 Å². The number of carbonyl (C=O) groups is 2. The normalized spacial score (nSPS) is 18.9. The van der Waals surface area contributed by atoms with Crippen molar-refractivity contribution in [3.05, 3.63) is 41.2 Å². The molecule has 1 aromatic carbocycles. The summed E-state index contributed by atoms with van der Waals surface area (Å²) in [6, 6.07) is 2.09. The Hall–Kier alpha value is -2.95. The first-order valence-electron chi connectivity index (χ1n) is 11.5. The number of benzene rings is 1. The molecule has 1 fully saturated rings. The molecule has 2 aromatic rings. The minimum absolute atomic E-state index is 0.0217. The lowest BCUT2D eigenvalue weighted by molar-refractivity contribution is -0.169. The minimum atomic E-state index is -2.93. The predicted molar refractivity (Wildman–Crippen MR) is 121 cm³/mol. The fourth-order valence-electron chi connectivity index (χ4n) is 4.48. The maximum Gasteiger partial charge on any atom is 0.282 e. The van der Waals surface area contributed by atoms with Crippen LogP contribution in [0.5, 0.6) is 0 Å². The summed E-state index contributed by atoms with van der Waals surface area (Å²) in [5.74, 6) is -5.51. The quantitative estimate of drug-likeness (QED) is 0.661. The molecule has 0 radical (unpaired) electrons. The molecule has 2 amide bonds. The topological polar surface area (TPSA) is 70.5 Å². The van der Waals surface area contributed by atoms with Crippen LogP contribution in [0.15, 0.2) is 18.2 Å². The number of hydrogen-bond acceptors (Lipinski definition) is 4. The van der Waals surface area contributed by atoms with Crippen molar-refractivity contribution in [1.29, 1.82) is 0 Å². The van der Waals surface area contributed by atoms with Crippen LogP contribution in [0, 0.1) is 17.0 Å². The van der Waals surface area contributed by atoms with Gasteiger partial charge in [0.15, 0.2) is 5.69 Å². The Kier molecular flexibility index (Phi) is 6.41. The Morgan fingerprint density at radius 1 is 1.14 bits per heavy atom. The molecule has 0 saturated carbocycles. The molecule has 1 aromatic heterocycles. The maximum absolute atomic E-state index is 14.6. The van der Waals surface area contributed by atoms with Crippen molar-refractivity contribution in [2.45, 2.75) is 52.2 Å². The van der Waals surface area contributed by atoms with E-state index in [1.54, 1.807) is 25.3 Å². The molecular formula is C24H29F4N5O2. The SMILES string of the molecule is CN1CCCn2c(-c3ccc(F)cc3F)nc(C(=O)NC(C(=O)N3CC(F)(F)C3)C(C)(C)C)c2C1. The van der Waals surface area contributed by atoms with Gasteiger partial charge < -0.3 is 19.7 Å². The molecule has 1 N–H and O–H groups in total. The predicted octanol–water partition coefficient (Wildman–Crippen LogP) is 3.29. The summed E-state index contributed by atoms with van der Waals surface area (Å²) in [6.45, 7) is 5.37. The summed E-state index contributed by atoms with van der Waals surface area (Å²) in [4.78, 5) is 33.9. The van der Waals surface area contributed by atoms with E-state index < -0.39 is 53.9 Å². The van der Waals surface area contributed by atoms with Crippen LogP contribution in [0.25, 0.3) is 11.4 Å². The van der Waals surface area contributed by atoms with Crippen LogP contribution in [-0.4, -0.2) is 69.8 Å². The zero-order valence-corrected chi connectivity index (χ0v) is 20.2. The van der Waals surface area contributed by atoms with Gasteiger partial charge in [0.05, 0.1) is 24.3 Å². The number of fused-ring (bicyclic) bond motifs is 1. The van der Waals surface area contributed by atoms with Gasteiger partial charge in [-0.2, -0.15) is 0 Å². The molecule has 1 atom stereocenters. The average Bonchev–Trinajstić information content (AvgIpc) is 2.94. The van der Waals surface area contributed by atoms with Crippen LogP contribution in [0.2, 0.25) is 0 Å². The first-order chi connectivity index (χ1) is 16.3. The van der Waals surface area contributed by atoms with Gasteiger partial charge in [-0.15, -0.1) is 0 Å². The summed E-state index contributed by atoms with van der Waals surface area (Å²) in [5, 5.41) is 2.70. The molecule has 4 rings (SSSR count). The summed E-state index contributed by atoms with van der Waals surface area (Å²) in [6.07, 6.45) is 0.725. The van der Waals surface area contributed by atoms with Gasteiger partial charge in [0.1, 0.15) is 23.5 Å². The number of likely N-dealkylation sites (tertiary alicyclic amines) is 1. The Bertz CT molecular complexity index is 1150. The standard InChI is InChI=1S/C24H29F4N5O2/c1-23(2,3)19(22(35)32-12-24(27,28)13-32)30-21(34)18-17-11-31(4)8-5-9-33(17)20(29-18)15-7-6-14(25)10-16(15)26/h6-7,10,19H,5,8-9,11-13H2,1-4H3,(H,30,34). The first kappa shape index (κ1) is 25.2. The lowest BCUT2D eigenvalue weighted by atomic mass is 9.85. The maximum atomic E-state index is 14.6. The number of aromatic nitrogens is 2. The molecule has 11 heteroatoms. The van der Waals surface area contributed by atoms with Crippen molar-refractivity contribution in [1.82, 2.24) is 24.7 Å². The highest BCUT2D eigenvalue weighted by atomic mass is 19.3. The Balaban J connectivity index is 1.70. The second-order valence-electron chi connectivity index (χ2n) is 10.4. The van der Waals surface area contributed by atoms with Crippen LogP contribution < -0.4 is 5.32 Å². The van der Waals surface area contributed by atoms with Crippen molar-refractivity contribution in [2.24, 2.45) is 5.41 Å². The zero-order chi connectivity index (χ0) is 25.7. The molecule has 190 valence electrons. The number of alkyl halides is 2. The second kappa shape index (κ2) is 8.92. The molecule has 0 bridgehead atoms. The highest BCUT2D eigenvalue weighted by Gasteiger charge is 2.49. The Morgan fingerprint density at radius 3 is 2.43 bits per heavy atom. The average molecular weight is 496 g/mol.